The van der Waals surface area contributed by atoms with E-state index in [1.54, 1.807) is 11.3 Å². The van der Waals surface area contributed by atoms with Gasteiger partial charge in [-0.3, -0.25) is 4.79 Å². The summed E-state index contributed by atoms with van der Waals surface area (Å²) in [6, 6.07) is 8.04. The molecule has 0 fully saturated rings. The van der Waals surface area contributed by atoms with E-state index in [1.807, 2.05) is 29.0 Å². The number of ketones is 1. The highest BCUT2D eigenvalue weighted by atomic mass is 32.1. The SMILES string of the molecule is O=C(Cc1ccsc1)c1ccc2c(c1)CCCN2. The van der Waals surface area contributed by atoms with Crippen LogP contribution in [0.4, 0.5) is 5.69 Å². The van der Waals surface area contributed by atoms with Crippen LogP contribution in [0.2, 0.25) is 0 Å². The van der Waals surface area contributed by atoms with Crippen molar-refractivity contribution in [3.8, 4) is 0 Å². The Kier molecular flexibility index (Phi) is 3.15. The molecule has 2 aromatic rings. The Labute approximate surface area is 111 Å². The van der Waals surface area contributed by atoms with Crippen molar-refractivity contribution in [3.05, 3.63) is 51.7 Å². The van der Waals surface area contributed by atoms with Crippen molar-refractivity contribution in [1.29, 1.82) is 0 Å². The molecule has 0 spiro atoms. The molecule has 0 saturated carbocycles. The summed E-state index contributed by atoms with van der Waals surface area (Å²) in [7, 11) is 0. The van der Waals surface area contributed by atoms with Crippen molar-refractivity contribution in [2.75, 3.05) is 11.9 Å². The fraction of sp³-hybridized carbons (Fsp3) is 0.267. The fourth-order valence-corrected chi connectivity index (χ4v) is 3.00. The number of hydrogen-bond donors (Lipinski definition) is 1. The van der Waals surface area contributed by atoms with Crippen LogP contribution in [-0.2, 0) is 12.8 Å². The van der Waals surface area contributed by atoms with E-state index in [1.165, 1.54) is 11.3 Å². The van der Waals surface area contributed by atoms with Gasteiger partial charge in [-0.2, -0.15) is 11.3 Å². The maximum Gasteiger partial charge on any atom is 0.167 e. The third-order valence-corrected chi connectivity index (χ3v) is 4.04. The average Bonchev–Trinajstić information content (AvgIpc) is 2.91. The van der Waals surface area contributed by atoms with E-state index in [0.717, 1.165) is 30.5 Å². The zero-order chi connectivity index (χ0) is 12.4. The molecule has 1 aromatic carbocycles. The summed E-state index contributed by atoms with van der Waals surface area (Å²) in [6.45, 7) is 1.04. The number of thiophene rings is 1. The lowest BCUT2D eigenvalue weighted by atomic mass is 9.97. The Morgan fingerprint density at radius 1 is 1.33 bits per heavy atom. The molecule has 92 valence electrons. The summed E-state index contributed by atoms with van der Waals surface area (Å²) in [5, 5.41) is 7.42. The van der Waals surface area contributed by atoms with Gasteiger partial charge in [0.1, 0.15) is 0 Å². The van der Waals surface area contributed by atoms with Gasteiger partial charge in [0.2, 0.25) is 0 Å². The highest BCUT2D eigenvalue weighted by Crippen LogP contribution is 2.23. The summed E-state index contributed by atoms with van der Waals surface area (Å²) in [4.78, 5) is 12.2. The number of fused-ring (bicyclic) bond motifs is 1. The minimum Gasteiger partial charge on any atom is -0.385 e. The molecule has 1 N–H and O–H groups in total. The molecule has 1 aromatic heterocycles. The second-order valence-corrected chi connectivity index (χ2v) is 5.41. The summed E-state index contributed by atoms with van der Waals surface area (Å²) in [5.74, 6) is 0.210. The first-order chi connectivity index (χ1) is 8.83. The van der Waals surface area contributed by atoms with Crippen molar-refractivity contribution in [2.24, 2.45) is 0 Å². The fourth-order valence-electron chi connectivity index (χ4n) is 2.33. The number of Topliss-reactive ketones (excluding diaryl/α,β-unsaturated/α-hetero) is 1. The highest BCUT2D eigenvalue weighted by molar-refractivity contribution is 7.08. The molecule has 3 heteroatoms. The van der Waals surface area contributed by atoms with Gasteiger partial charge in [-0.25, -0.2) is 0 Å². The predicted molar refractivity (Wildman–Crippen MR) is 75.6 cm³/mol. The molecule has 0 unspecified atom stereocenters. The normalized spacial score (nSPS) is 13.8. The van der Waals surface area contributed by atoms with E-state index in [4.69, 9.17) is 0 Å². The summed E-state index contributed by atoms with van der Waals surface area (Å²) < 4.78 is 0. The summed E-state index contributed by atoms with van der Waals surface area (Å²) in [6.07, 6.45) is 2.73. The Morgan fingerprint density at radius 3 is 3.11 bits per heavy atom. The number of carbonyl (C=O) groups excluding carboxylic acids is 1. The molecule has 18 heavy (non-hydrogen) atoms. The van der Waals surface area contributed by atoms with E-state index in [0.29, 0.717) is 6.42 Å². The molecule has 0 radical (unpaired) electrons. The number of rotatable bonds is 3. The summed E-state index contributed by atoms with van der Waals surface area (Å²) in [5.41, 5.74) is 4.41. The van der Waals surface area contributed by atoms with Crippen LogP contribution in [-0.4, -0.2) is 12.3 Å². The average molecular weight is 257 g/mol. The summed E-state index contributed by atoms with van der Waals surface area (Å²) >= 11 is 1.64. The van der Waals surface area contributed by atoms with Gasteiger partial charge in [0.15, 0.2) is 5.78 Å². The molecular weight excluding hydrogens is 242 g/mol. The lowest BCUT2D eigenvalue weighted by molar-refractivity contribution is 0.0993. The van der Waals surface area contributed by atoms with Crippen molar-refractivity contribution in [3.63, 3.8) is 0 Å². The maximum absolute atomic E-state index is 12.2. The second-order valence-electron chi connectivity index (χ2n) is 4.63. The van der Waals surface area contributed by atoms with Crippen LogP contribution in [0.5, 0.6) is 0 Å². The lowest BCUT2D eigenvalue weighted by Crippen LogP contribution is -2.13. The van der Waals surface area contributed by atoms with Gasteiger partial charge in [-0.1, -0.05) is 0 Å². The highest BCUT2D eigenvalue weighted by Gasteiger charge is 2.12. The number of benzene rings is 1. The molecule has 0 atom stereocenters. The van der Waals surface area contributed by atoms with Gasteiger partial charge >= 0.3 is 0 Å². The molecular formula is C15H15NOS. The maximum atomic E-state index is 12.2. The van der Waals surface area contributed by atoms with Crippen molar-refractivity contribution < 1.29 is 4.79 Å². The molecule has 0 saturated heterocycles. The first-order valence-electron chi connectivity index (χ1n) is 6.24. The van der Waals surface area contributed by atoms with Gasteiger partial charge in [0.25, 0.3) is 0 Å². The quantitative estimate of drug-likeness (QED) is 0.852. The van der Waals surface area contributed by atoms with E-state index >= 15 is 0 Å². The first kappa shape index (κ1) is 11.5. The topological polar surface area (TPSA) is 29.1 Å². The van der Waals surface area contributed by atoms with Crippen LogP contribution in [0.3, 0.4) is 0 Å². The van der Waals surface area contributed by atoms with Crippen LogP contribution >= 0.6 is 11.3 Å². The first-order valence-corrected chi connectivity index (χ1v) is 7.18. The molecule has 3 rings (SSSR count). The zero-order valence-electron chi connectivity index (χ0n) is 10.1. The van der Waals surface area contributed by atoms with Gasteiger partial charge in [0, 0.05) is 24.2 Å². The van der Waals surface area contributed by atoms with E-state index < -0.39 is 0 Å². The van der Waals surface area contributed by atoms with Gasteiger partial charge in [-0.05, 0) is 59.0 Å². The van der Waals surface area contributed by atoms with Crippen LogP contribution < -0.4 is 5.32 Å². The van der Waals surface area contributed by atoms with Crippen molar-refractivity contribution in [1.82, 2.24) is 0 Å². The monoisotopic (exact) mass is 257 g/mol. The molecule has 2 nitrogen and oxygen atoms in total. The van der Waals surface area contributed by atoms with E-state index in [2.05, 4.69) is 11.4 Å². The van der Waals surface area contributed by atoms with Crippen molar-refractivity contribution >= 4 is 22.8 Å². The number of nitrogens with one attached hydrogen (secondary N) is 1. The Balaban J connectivity index is 1.81. The second kappa shape index (κ2) is 4.94. The zero-order valence-corrected chi connectivity index (χ0v) is 10.9. The lowest BCUT2D eigenvalue weighted by Gasteiger charge is -2.18. The molecule has 0 amide bonds. The smallest absolute Gasteiger partial charge is 0.167 e. The van der Waals surface area contributed by atoms with Crippen LogP contribution in [0.15, 0.2) is 35.0 Å². The largest absolute Gasteiger partial charge is 0.385 e. The van der Waals surface area contributed by atoms with Crippen molar-refractivity contribution in [2.45, 2.75) is 19.3 Å². The molecule has 0 bridgehead atoms. The number of aryl methyl sites for hydroxylation is 1. The Bertz CT molecular complexity index is 560. The third kappa shape index (κ3) is 2.31. The van der Waals surface area contributed by atoms with Crippen LogP contribution in [0.25, 0.3) is 0 Å². The standard InChI is InChI=1S/C15H15NOS/c17-15(8-11-5-7-18-10-11)13-3-4-14-12(9-13)2-1-6-16-14/h3-5,7,9-10,16H,1-2,6,8H2. The number of anilines is 1. The number of hydrogen-bond acceptors (Lipinski definition) is 3. The molecule has 0 aliphatic carbocycles. The minimum absolute atomic E-state index is 0.210. The molecule has 2 heterocycles. The third-order valence-electron chi connectivity index (χ3n) is 3.31. The van der Waals surface area contributed by atoms with Gasteiger partial charge in [-0.15, -0.1) is 0 Å². The Morgan fingerprint density at radius 2 is 2.28 bits per heavy atom. The predicted octanol–water partition coefficient (Wildman–Crippen LogP) is 3.53. The van der Waals surface area contributed by atoms with E-state index in [-0.39, 0.29) is 5.78 Å². The molecule has 1 aliphatic rings. The van der Waals surface area contributed by atoms with Crippen LogP contribution in [0, 0.1) is 0 Å². The minimum atomic E-state index is 0.210. The van der Waals surface area contributed by atoms with E-state index in [9.17, 15) is 4.79 Å². The number of carbonyl (C=O) groups is 1. The van der Waals surface area contributed by atoms with Crippen LogP contribution in [0.1, 0.15) is 27.9 Å². The molecule has 1 aliphatic heterocycles. The van der Waals surface area contributed by atoms with Gasteiger partial charge in [0.05, 0.1) is 0 Å². The Hall–Kier alpha value is -1.61. The van der Waals surface area contributed by atoms with Gasteiger partial charge < -0.3 is 5.32 Å².